The number of non-ortho nitro benzene ring substituents is 1. The number of anilines is 2. The van der Waals surface area contributed by atoms with E-state index in [1.807, 2.05) is 61.5 Å². The van der Waals surface area contributed by atoms with Crippen molar-refractivity contribution in [2.45, 2.75) is 30.4 Å². The first-order chi connectivity index (χ1) is 22.7. The molecule has 0 saturated carbocycles. The van der Waals surface area contributed by atoms with Crippen molar-refractivity contribution in [3.8, 4) is 0 Å². The third-order valence-corrected chi connectivity index (χ3v) is 8.73. The van der Waals surface area contributed by atoms with Gasteiger partial charge in [-0.3, -0.25) is 24.5 Å². The first-order valence-corrected chi connectivity index (χ1v) is 15.8. The lowest BCUT2D eigenvalue weighted by Gasteiger charge is -2.17. The minimum Gasteiger partial charge on any atom is -0.325 e. The number of amides is 3. The Kier molecular flexibility index (Phi) is 10.4. The van der Waals surface area contributed by atoms with E-state index in [1.54, 1.807) is 61.5 Å². The number of fused-ring (bicyclic) bond motifs is 1. The smallest absolute Gasteiger partial charge is 0.272 e. The molecule has 0 aliphatic rings. The summed E-state index contributed by atoms with van der Waals surface area (Å²) in [7, 11) is 0. The van der Waals surface area contributed by atoms with Crippen molar-refractivity contribution in [2.75, 3.05) is 10.6 Å². The summed E-state index contributed by atoms with van der Waals surface area (Å²) in [5.41, 5.74) is 2.69. The largest absolute Gasteiger partial charge is 0.325 e. The molecule has 0 spiro atoms. The average Bonchev–Trinajstić information content (AvgIpc) is 3.08. The molecule has 0 aliphatic heterocycles. The molecule has 0 fully saturated rings. The summed E-state index contributed by atoms with van der Waals surface area (Å²) in [5, 5.41) is 21.1. The Bertz CT molecular complexity index is 1990. The number of hydrogen-bond donors (Lipinski definition) is 3. The van der Waals surface area contributed by atoms with Gasteiger partial charge in [0.05, 0.1) is 15.9 Å². The van der Waals surface area contributed by atoms with Crippen molar-refractivity contribution in [3.05, 3.63) is 148 Å². The summed E-state index contributed by atoms with van der Waals surface area (Å²) in [6.07, 6.45) is 2.15. The second-order valence-corrected chi connectivity index (χ2v) is 12.0. The van der Waals surface area contributed by atoms with Crippen LogP contribution in [-0.2, 0) is 9.59 Å². The molecule has 236 valence electrons. The first kappa shape index (κ1) is 32.6. The minimum atomic E-state index is -0.518. The third kappa shape index (κ3) is 8.30. The minimum absolute atomic E-state index is 0.0615. The van der Waals surface area contributed by atoms with Gasteiger partial charge < -0.3 is 16.0 Å². The summed E-state index contributed by atoms with van der Waals surface area (Å²) in [4.78, 5) is 51.5. The normalized spacial score (nSPS) is 11.8. The standard InChI is InChI=1S/C37H32N4O5S/c1-3-34(37(44)39-32-23-29(41(45)46)20-19-24(32)2)47-30-17-10-16-28(22-30)38-36(43)33(40-35(42)26-12-5-4-6-13-26)21-27-15-9-14-25-11-7-8-18-31(25)27/h4-23,34H,3H2,1-2H3,(H,38,43)(H,39,44)(H,40,42)/b33-21+. The van der Waals surface area contributed by atoms with Crippen molar-refractivity contribution in [3.63, 3.8) is 0 Å². The number of hydrogen-bond acceptors (Lipinski definition) is 6. The van der Waals surface area contributed by atoms with E-state index in [2.05, 4.69) is 16.0 Å². The third-order valence-electron chi connectivity index (χ3n) is 7.38. The Balaban J connectivity index is 1.36. The van der Waals surface area contributed by atoms with Gasteiger partial charge in [0.2, 0.25) is 5.91 Å². The van der Waals surface area contributed by atoms with Gasteiger partial charge in [0.25, 0.3) is 17.5 Å². The number of rotatable bonds is 11. The van der Waals surface area contributed by atoms with Gasteiger partial charge in [-0.05, 0) is 71.7 Å². The topological polar surface area (TPSA) is 130 Å². The van der Waals surface area contributed by atoms with Gasteiger partial charge in [0.1, 0.15) is 5.70 Å². The maximum atomic E-state index is 13.7. The molecule has 0 aliphatic carbocycles. The zero-order chi connectivity index (χ0) is 33.3. The van der Waals surface area contributed by atoms with Crippen molar-refractivity contribution >= 4 is 63.4 Å². The molecule has 0 saturated heterocycles. The number of benzene rings is 5. The van der Waals surface area contributed by atoms with E-state index in [4.69, 9.17) is 0 Å². The number of thioether (sulfide) groups is 1. The van der Waals surface area contributed by atoms with Crippen LogP contribution in [0.2, 0.25) is 0 Å². The Hall–Kier alpha value is -5.74. The van der Waals surface area contributed by atoms with Crippen LogP contribution < -0.4 is 16.0 Å². The van der Waals surface area contributed by atoms with Gasteiger partial charge >= 0.3 is 0 Å². The summed E-state index contributed by atoms with van der Waals surface area (Å²) in [6.45, 7) is 3.65. The van der Waals surface area contributed by atoms with E-state index in [0.717, 1.165) is 21.2 Å². The molecule has 0 radical (unpaired) electrons. The monoisotopic (exact) mass is 644 g/mol. The van der Waals surface area contributed by atoms with Gasteiger partial charge in [-0.25, -0.2) is 0 Å². The van der Waals surface area contributed by atoms with E-state index < -0.39 is 22.0 Å². The lowest BCUT2D eigenvalue weighted by molar-refractivity contribution is -0.384. The Morgan fingerprint density at radius 1 is 0.851 bits per heavy atom. The molecule has 47 heavy (non-hydrogen) atoms. The van der Waals surface area contributed by atoms with Crippen LogP contribution in [0.25, 0.3) is 16.8 Å². The molecule has 9 nitrogen and oxygen atoms in total. The molecule has 0 bridgehead atoms. The highest BCUT2D eigenvalue weighted by Crippen LogP contribution is 2.30. The van der Waals surface area contributed by atoms with E-state index in [0.29, 0.717) is 28.9 Å². The Morgan fingerprint density at radius 3 is 2.34 bits per heavy atom. The van der Waals surface area contributed by atoms with Crippen LogP contribution in [0.3, 0.4) is 0 Å². The van der Waals surface area contributed by atoms with E-state index >= 15 is 0 Å². The summed E-state index contributed by atoms with van der Waals surface area (Å²) in [5.74, 6) is -1.23. The highest BCUT2D eigenvalue weighted by Gasteiger charge is 2.21. The molecule has 3 N–H and O–H groups in total. The number of nitrogens with one attached hydrogen (secondary N) is 3. The van der Waals surface area contributed by atoms with Crippen LogP contribution in [0.5, 0.6) is 0 Å². The molecule has 3 amide bonds. The maximum Gasteiger partial charge on any atom is 0.272 e. The number of nitro groups is 1. The summed E-state index contributed by atoms with van der Waals surface area (Å²) in [6, 6.07) is 33.6. The van der Waals surface area contributed by atoms with Crippen LogP contribution >= 0.6 is 11.8 Å². The quantitative estimate of drug-likeness (QED) is 0.0579. The number of carbonyl (C=O) groups is 3. The molecule has 0 aromatic heterocycles. The van der Waals surface area contributed by atoms with Crippen LogP contribution in [0, 0.1) is 17.0 Å². The van der Waals surface area contributed by atoms with Crippen LogP contribution in [-0.4, -0.2) is 27.9 Å². The van der Waals surface area contributed by atoms with Crippen molar-refractivity contribution in [2.24, 2.45) is 0 Å². The molecule has 5 rings (SSSR count). The van der Waals surface area contributed by atoms with Crippen LogP contribution in [0.15, 0.2) is 126 Å². The Morgan fingerprint density at radius 2 is 1.57 bits per heavy atom. The fourth-order valence-corrected chi connectivity index (χ4v) is 5.89. The first-order valence-electron chi connectivity index (χ1n) is 14.9. The lowest BCUT2D eigenvalue weighted by Crippen LogP contribution is -2.30. The highest BCUT2D eigenvalue weighted by molar-refractivity contribution is 8.00. The molecular weight excluding hydrogens is 612 g/mol. The van der Waals surface area contributed by atoms with Crippen LogP contribution in [0.4, 0.5) is 17.1 Å². The number of aryl methyl sites for hydroxylation is 1. The SMILES string of the molecule is CCC(Sc1cccc(NC(=O)/C(=C\c2cccc3ccccc23)NC(=O)c2ccccc2)c1)C(=O)Nc1cc([N+](=O)[O-])ccc1C. The zero-order valence-corrected chi connectivity index (χ0v) is 26.5. The second kappa shape index (κ2) is 15.0. The number of nitrogens with zero attached hydrogens (tertiary/aromatic N) is 1. The van der Waals surface area contributed by atoms with Crippen molar-refractivity contribution in [1.29, 1.82) is 0 Å². The van der Waals surface area contributed by atoms with E-state index in [1.165, 1.54) is 23.9 Å². The summed E-state index contributed by atoms with van der Waals surface area (Å²) < 4.78 is 0. The fourth-order valence-electron chi connectivity index (χ4n) is 4.88. The van der Waals surface area contributed by atoms with Crippen molar-refractivity contribution < 1.29 is 19.3 Å². The van der Waals surface area contributed by atoms with Gasteiger partial charge in [-0.2, -0.15) is 0 Å². The van der Waals surface area contributed by atoms with Gasteiger partial charge in [0, 0.05) is 28.3 Å². The molecular formula is C37H32N4O5S. The van der Waals surface area contributed by atoms with Crippen molar-refractivity contribution in [1.82, 2.24) is 5.32 Å². The molecule has 1 atom stereocenters. The van der Waals surface area contributed by atoms with Gasteiger partial charge in [0.15, 0.2) is 0 Å². The van der Waals surface area contributed by atoms with Gasteiger partial charge in [-0.15, -0.1) is 11.8 Å². The predicted molar refractivity (Wildman–Crippen MR) is 187 cm³/mol. The van der Waals surface area contributed by atoms with Crippen LogP contribution in [0.1, 0.15) is 34.8 Å². The zero-order valence-electron chi connectivity index (χ0n) is 25.7. The lowest BCUT2D eigenvalue weighted by atomic mass is 10.0. The molecule has 1 unspecified atom stereocenters. The number of nitro benzene ring substituents is 1. The Labute approximate surface area is 276 Å². The maximum absolute atomic E-state index is 13.7. The average molecular weight is 645 g/mol. The van der Waals surface area contributed by atoms with E-state index in [-0.39, 0.29) is 17.3 Å². The number of carbonyl (C=O) groups excluding carboxylic acids is 3. The predicted octanol–water partition coefficient (Wildman–Crippen LogP) is 7.98. The molecule has 10 heteroatoms. The fraction of sp³-hybridized carbons (Fsp3) is 0.108. The molecule has 5 aromatic carbocycles. The van der Waals surface area contributed by atoms with Gasteiger partial charge in [-0.1, -0.05) is 79.7 Å². The van der Waals surface area contributed by atoms with E-state index in [9.17, 15) is 24.5 Å². The summed E-state index contributed by atoms with van der Waals surface area (Å²) >= 11 is 1.31. The highest BCUT2D eigenvalue weighted by atomic mass is 32.2. The molecule has 0 heterocycles. The second-order valence-electron chi connectivity index (χ2n) is 10.7. The molecule has 5 aromatic rings.